The van der Waals surface area contributed by atoms with Crippen LogP contribution in [0.25, 0.3) is 16.5 Å². The fourth-order valence-electron chi connectivity index (χ4n) is 3.45. The zero-order valence-electron chi connectivity index (χ0n) is 15.0. The number of hydrogen-bond acceptors (Lipinski definition) is 4. The van der Waals surface area contributed by atoms with Crippen LogP contribution in [0.15, 0.2) is 60.8 Å². The summed E-state index contributed by atoms with van der Waals surface area (Å²) < 4.78 is 0. The van der Waals surface area contributed by atoms with E-state index in [0.29, 0.717) is 11.6 Å². The standard InChI is InChI=1S/C21H21ClN4O/c1-23-21-18-12-15(5-6-19(18)24-25-21)14-7-9-26(10-8-14)20(13-27)16-3-2-4-17(22)11-16/h2-9,11-12,20,27H,10,13H2,1H3,(H2,23,24,25)/t20-/m1/s1. The highest BCUT2D eigenvalue weighted by Crippen LogP contribution is 2.30. The Morgan fingerprint density at radius 1 is 1.30 bits per heavy atom. The molecule has 2 heterocycles. The molecule has 0 saturated heterocycles. The summed E-state index contributed by atoms with van der Waals surface area (Å²) in [5, 5.41) is 22.0. The number of aliphatic hydroxyl groups excluding tert-OH is 1. The van der Waals surface area contributed by atoms with Crippen LogP contribution in [0.4, 0.5) is 5.82 Å². The van der Waals surface area contributed by atoms with Gasteiger partial charge in [0.15, 0.2) is 5.82 Å². The summed E-state index contributed by atoms with van der Waals surface area (Å²) in [5.74, 6) is 0.843. The van der Waals surface area contributed by atoms with E-state index in [1.54, 1.807) is 0 Å². The second kappa shape index (κ2) is 7.47. The van der Waals surface area contributed by atoms with Crippen LogP contribution in [-0.4, -0.2) is 40.4 Å². The van der Waals surface area contributed by atoms with Crippen LogP contribution in [0.5, 0.6) is 0 Å². The van der Waals surface area contributed by atoms with E-state index in [2.05, 4.69) is 44.7 Å². The van der Waals surface area contributed by atoms with E-state index in [1.807, 2.05) is 43.6 Å². The first-order valence-electron chi connectivity index (χ1n) is 8.86. The van der Waals surface area contributed by atoms with Gasteiger partial charge in [0.05, 0.1) is 18.2 Å². The summed E-state index contributed by atoms with van der Waals surface area (Å²) in [7, 11) is 1.87. The molecule has 5 nitrogen and oxygen atoms in total. The number of aromatic nitrogens is 2. The predicted octanol–water partition coefficient (Wildman–Crippen LogP) is 4.20. The Balaban J connectivity index is 1.57. The smallest absolute Gasteiger partial charge is 0.155 e. The number of allylic oxidation sites excluding steroid dienone is 2. The molecule has 1 aliphatic rings. The van der Waals surface area contributed by atoms with Gasteiger partial charge in [0.2, 0.25) is 0 Å². The molecule has 0 radical (unpaired) electrons. The number of fused-ring (bicyclic) bond motifs is 1. The van der Waals surface area contributed by atoms with Crippen LogP contribution in [0.1, 0.15) is 17.2 Å². The van der Waals surface area contributed by atoms with Crippen LogP contribution in [0, 0.1) is 0 Å². The van der Waals surface area contributed by atoms with Crippen LogP contribution < -0.4 is 5.32 Å². The van der Waals surface area contributed by atoms with Gasteiger partial charge in [-0.2, -0.15) is 5.10 Å². The van der Waals surface area contributed by atoms with Crippen molar-refractivity contribution in [2.75, 3.05) is 25.5 Å². The van der Waals surface area contributed by atoms with Crippen molar-refractivity contribution in [3.63, 3.8) is 0 Å². The highest BCUT2D eigenvalue weighted by molar-refractivity contribution is 6.30. The topological polar surface area (TPSA) is 64.2 Å². The van der Waals surface area contributed by atoms with Crippen LogP contribution in [0.2, 0.25) is 5.02 Å². The van der Waals surface area contributed by atoms with Crippen molar-refractivity contribution in [3.8, 4) is 0 Å². The maximum absolute atomic E-state index is 9.90. The third-order valence-electron chi connectivity index (χ3n) is 4.91. The van der Waals surface area contributed by atoms with Crippen LogP contribution in [0.3, 0.4) is 0 Å². The molecular weight excluding hydrogens is 360 g/mol. The normalized spacial score (nSPS) is 15.1. The van der Waals surface area contributed by atoms with E-state index in [4.69, 9.17) is 11.6 Å². The Kier molecular flexibility index (Phi) is 4.88. The summed E-state index contributed by atoms with van der Waals surface area (Å²) >= 11 is 6.11. The number of aromatic amines is 1. The Morgan fingerprint density at radius 3 is 2.89 bits per heavy atom. The van der Waals surface area contributed by atoms with Gasteiger partial charge in [0.25, 0.3) is 0 Å². The van der Waals surface area contributed by atoms with Gasteiger partial charge in [-0.3, -0.25) is 5.10 Å². The van der Waals surface area contributed by atoms with Gasteiger partial charge in [0, 0.05) is 30.2 Å². The fraction of sp³-hybridized carbons (Fsp3) is 0.190. The summed E-state index contributed by atoms with van der Waals surface area (Å²) in [4.78, 5) is 2.12. The van der Waals surface area contributed by atoms with E-state index in [9.17, 15) is 5.11 Å². The molecule has 0 bridgehead atoms. The largest absolute Gasteiger partial charge is 0.394 e. The highest BCUT2D eigenvalue weighted by atomic mass is 35.5. The van der Waals surface area contributed by atoms with Crippen molar-refractivity contribution in [2.45, 2.75) is 6.04 Å². The van der Waals surface area contributed by atoms with Crippen molar-refractivity contribution in [1.82, 2.24) is 15.1 Å². The number of hydrogen-bond donors (Lipinski definition) is 3. The van der Waals surface area contributed by atoms with Gasteiger partial charge in [0.1, 0.15) is 0 Å². The van der Waals surface area contributed by atoms with E-state index >= 15 is 0 Å². The number of halogens is 1. The minimum absolute atomic E-state index is 0.0281. The van der Waals surface area contributed by atoms with Crippen molar-refractivity contribution >= 4 is 33.9 Å². The average molecular weight is 381 g/mol. The van der Waals surface area contributed by atoms with Crippen LogP contribution >= 0.6 is 11.6 Å². The lowest BCUT2D eigenvalue weighted by Gasteiger charge is -2.31. The second-order valence-corrected chi connectivity index (χ2v) is 6.94. The molecule has 0 spiro atoms. The van der Waals surface area contributed by atoms with E-state index in [1.165, 1.54) is 0 Å². The maximum atomic E-state index is 9.90. The summed E-state index contributed by atoms with van der Waals surface area (Å²) in [5.41, 5.74) is 4.30. The fourth-order valence-corrected chi connectivity index (χ4v) is 3.65. The van der Waals surface area contributed by atoms with Gasteiger partial charge in [-0.05, 0) is 47.0 Å². The minimum Gasteiger partial charge on any atom is -0.394 e. The maximum Gasteiger partial charge on any atom is 0.155 e. The predicted molar refractivity (Wildman–Crippen MR) is 111 cm³/mol. The first-order chi connectivity index (χ1) is 13.2. The van der Waals surface area contributed by atoms with Crippen molar-refractivity contribution in [2.24, 2.45) is 0 Å². The van der Waals surface area contributed by atoms with Crippen molar-refractivity contribution in [3.05, 3.63) is 77.0 Å². The van der Waals surface area contributed by atoms with Gasteiger partial charge in [-0.25, -0.2) is 0 Å². The Labute approximate surface area is 163 Å². The molecular formula is C21H21ClN4O. The SMILES string of the molecule is CNc1n[nH]c2ccc(C3=CCN([C@H](CO)c4cccc(Cl)c4)C=C3)cc12. The molecule has 0 fully saturated rings. The molecule has 3 aromatic rings. The van der Waals surface area contributed by atoms with Gasteiger partial charge >= 0.3 is 0 Å². The first-order valence-corrected chi connectivity index (χ1v) is 9.24. The summed E-state index contributed by atoms with van der Waals surface area (Å²) in [6.45, 7) is 0.742. The monoisotopic (exact) mass is 380 g/mol. The summed E-state index contributed by atoms with van der Waals surface area (Å²) in [6, 6.07) is 13.8. The Hall–Kier alpha value is -2.76. The minimum atomic E-state index is -0.120. The number of H-pyrrole nitrogens is 1. The molecule has 138 valence electrons. The number of nitrogens with one attached hydrogen (secondary N) is 2. The lowest BCUT2D eigenvalue weighted by Crippen LogP contribution is -2.28. The van der Waals surface area contributed by atoms with Gasteiger partial charge in [-0.1, -0.05) is 35.9 Å². The average Bonchev–Trinajstić information content (AvgIpc) is 3.11. The van der Waals surface area contributed by atoms with Gasteiger partial charge in [-0.15, -0.1) is 0 Å². The number of benzene rings is 2. The molecule has 0 aliphatic carbocycles. The number of nitrogens with zero attached hydrogens (tertiary/aromatic N) is 2. The van der Waals surface area contributed by atoms with E-state index in [-0.39, 0.29) is 12.6 Å². The molecule has 0 amide bonds. The number of rotatable bonds is 5. The van der Waals surface area contributed by atoms with Crippen molar-refractivity contribution in [1.29, 1.82) is 0 Å². The molecule has 3 N–H and O–H groups in total. The number of aliphatic hydroxyl groups is 1. The molecule has 6 heteroatoms. The molecule has 0 saturated carbocycles. The molecule has 1 aliphatic heterocycles. The number of anilines is 1. The molecule has 1 atom stereocenters. The van der Waals surface area contributed by atoms with Crippen LogP contribution in [-0.2, 0) is 0 Å². The Morgan fingerprint density at radius 2 is 2.19 bits per heavy atom. The highest BCUT2D eigenvalue weighted by Gasteiger charge is 2.19. The first kappa shape index (κ1) is 17.6. The van der Waals surface area contributed by atoms with E-state index < -0.39 is 0 Å². The zero-order chi connectivity index (χ0) is 18.8. The third kappa shape index (κ3) is 3.44. The molecule has 1 aromatic heterocycles. The molecule has 4 rings (SSSR count). The van der Waals surface area contributed by atoms with Crippen molar-refractivity contribution < 1.29 is 5.11 Å². The Bertz CT molecular complexity index is 1020. The zero-order valence-corrected chi connectivity index (χ0v) is 15.7. The molecule has 2 aromatic carbocycles. The molecule has 0 unspecified atom stereocenters. The second-order valence-electron chi connectivity index (χ2n) is 6.51. The molecule has 27 heavy (non-hydrogen) atoms. The lowest BCUT2D eigenvalue weighted by atomic mass is 10.00. The van der Waals surface area contributed by atoms with Gasteiger partial charge < -0.3 is 15.3 Å². The quantitative estimate of drug-likeness (QED) is 0.620. The third-order valence-corrected chi connectivity index (χ3v) is 5.14. The van der Waals surface area contributed by atoms with E-state index in [0.717, 1.165) is 33.4 Å². The summed E-state index contributed by atoms with van der Waals surface area (Å²) in [6.07, 6.45) is 6.29. The lowest BCUT2D eigenvalue weighted by molar-refractivity contribution is 0.174.